The molecule has 0 spiro atoms. The van der Waals surface area contributed by atoms with Gasteiger partial charge in [-0.2, -0.15) is 0 Å². The van der Waals surface area contributed by atoms with Gasteiger partial charge in [0, 0.05) is 23.8 Å². The highest BCUT2D eigenvalue weighted by molar-refractivity contribution is 6.32. The van der Waals surface area contributed by atoms with E-state index >= 15 is 4.39 Å². The first kappa shape index (κ1) is 26.7. The van der Waals surface area contributed by atoms with Crippen molar-refractivity contribution in [2.24, 2.45) is 5.41 Å². The lowest BCUT2D eigenvalue weighted by molar-refractivity contribution is 0.0300. The van der Waals surface area contributed by atoms with Crippen LogP contribution >= 0.6 is 11.6 Å². The Bertz CT molecular complexity index is 1180. The standard InChI is InChI=1S/C28H32ClF3N2O2/c1-36-20-7-8-25-21(16-20)26(22(29)17-33-25)23(30)9-10-28(18-35)11-14-34(15-12-28)13-3-5-19-4-2-6-24(31)27(19)32/h2,4,6-8,16-17,23,35H,3,5,9-15,18H2,1H3/t23-/m0/s1. The normalized spacial score (nSPS) is 16.8. The largest absolute Gasteiger partial charge is 0.497 e. The van der Waals surface area contributed by atoms with Gasteiger partial charge in [-0.05, 0) is 93.4 Å². The molecule has 8 heteroatoms. The third-order valence-electron chi connectivity index (χ3n) is 7.51. The molecule has 0 aliphatic carbocycles. The van der Waals surface area contributed by atoms with E-state index in [0.717, 1.165) is 45.0 Å². The second-order valence-corrected chi connectivity index (χ2v) is 10.1. The maximum absolute atomic E-state index is 15.6. The zero-order valence-corrected chi connectivity index (χ0v) is 21.2. The quantitative estimate of drug-likeness (QED) is 0.324. The minimum atomic E-state index is -1.29. The second-order valence-electron chi connectivity index (χ2n) is 9.73. The number of ether oxygens (including phenoxy) is 1. The van der Waals surface area contributed by atoms with E-state index < -0.39 is 17.8 Å². The van der Waals surface area contributed by atoms with Gasteiger partial charge in [0.25, 0.3) is 0 Å². The Hall–Kier alpha value is -2.35. The van der Waals surface area contributed by atoms with Crippen LogP contribution in [0.5, 0.6) is 5.75 Å². The number of benzene rings is 2. The van der Waals surface area contributed by atoms with Gasteiger partial charge in [-0.25, -0.2) is 13.2 Å². The van der Waals surface area contributed by atoms with E-state index in [1.807, 2.05) is 0 Å². The molecule has 1 N–H and O–H groups in total. The number of aromatic nitrogens is 1. The molecule has 0 amide bonds. The molecule has 0 saturated carbocycles. The Kier molecular flexibility index (Phi) is 8.75. The summed E-state index contributed by atoms with van der Waals surface area (Å²) in [6, 6.07) is 9.60. The van der Waals surface area contributed by atoms with Gasteiger partial charge in [0.15, 0.2) is 11.6 Å². The first-order chi connectivity index (χ1) is 17.4. The number of hydrogen-bond acceptors (Lipinski definition) is 4. The predicted molar refractivity (Wildman–Crippen MR) is 136 cm³/mol. The minimum absolute atomic E-state index is 0.000706. The van der Waals surface area contributed by atoms with Gasteiger partial charge in [0.1, 0.15) is 11.9 Å². The molecule has 3 aromatic rings. The molecule has 4 rings (SSSR count). The van der Waals surface area contributed by atoms with Crippen molar-refractivity contribution in [2.75, 3.05) is 33.4 Å². The SMILES string of the molecule is COc1ccc2ncc(Cl)c([C@@H](F)CCC3(CO)CCN(CCCc4cccc(F)c4F)CC3)c2c1. The summed E-state index contributed by atoms with van der Waals surface area (Å²) in [6.07, 6.45) is 3.67. The van der Waals surface area contributed by atoms with Crippen molar-refractivity contribution < 1.29 is 23.0 Å². The van der Waals surface area contributed by atoms with Crippen LogP contribution in [0.3, 0.4) is 0 Å². The highest BCUT2D eigenvalue weighted by Gasteiger charge is 2.35. The lowest BCUT2D eigenvalue weighted by atomic mass is 9.74. The average Bonchev–Trinajstić information content (AvgIpc) is 2.90. The van der Waals surface area contributed by atoms with E-state index in [9.17, 15) is 13.9 Å². The van der Waals surface area contributed by atoms with Crippen molar-refractivity contribution in [3.05, 3.63) is 70.4 Å². The van der Waals surface area contributed by atoms with E-state index in [2.05, 4.69) is 9.88 Å². The number of alkyl halides is 1. The van der Waals surface area contributed by atoms with Gasteiger partial charge >= 0.3 is 0 Å². The number of hydrogen-bond donors (Lipinski definition) is 1. The van der Waals surface area contributed by atoms with Crippen LogP contribution in [0.15, 0.2) is 42.6 Å². The first-order valence-electron chi connectivity index (χ1n) is 12.4. The second kappa shape index (κ2) is 11.8. The van der Waals surface area contributed by atoms with Crippen molar-refractivity contribution in [1.29, 1.82) is 0 Å². The van der Waals surface area contributed by atoms with Gasteiger partial charge in [0.2, 0.25) is 0 Å². The molecule has 1 saturated heterocycles. The van der Waals surface area contributed by atoms with Crippen molar-refractivity contribution in [1.82, 2.24) is 9.88 Å². The molecule has 1 aromatic heterocycles. The topological polar surface area (TPSA) is 45.6 Å². The molecule has 4 nitrogen and oxygen atoms in total. The van der Waals surface area contributed by atoms with Crippen molar-refractivity contribution in [3.63, 3.8) is 0 Å². The van der Waals surface area contributed by atoms with Gasteiger partial charge < -0.3 is 14.7 Å². The molecule has 194 valence electrons. The molecular formula is C28H32ClF3N2O2. The van der Waals surface area contributed by atoms with E-state index in [1.54, 1.807) is 31.4 Å². The lowest BCUT2D eigenvalue weighted by Gasteiger charge is -2.41. The van der Waals surface area contributed by atoms with Crippen LogP contribution in [0.25, 0.3) is 10.9 Å². The van der Waals surface area contributed by atoms with Crippen molar-refractivity contribution in [3.8, 4) is 5.75 Å². The third-order valence-corrected chi connectivity index (χ3v) is 7.81. The molecule has 0 bridgehead atoms. The number of pyridine rings is 1. The molecular weight excluding hydrogens is 489 g/mol. The van der Waals surface area contributed by atoms with E-state index in [-0.39, 0.29) is 23.5 Å². The molecule has 1 fully saturated rings. The van der Waals surface area contributed by atoms with Crippen LogP contribution in [0.4, 0.5) is 13.2 Å². The monoisotopic (exact) mass is 520 g/mol. The maximum Gasteiger partial charge on any atom is 0.162 e. The predicted octanol–water partition coefficient (Wildman–Crippen LogP) is 6.67. The van der Waals surface area contributed by atoms with Crippen LogP contribution in [-0.2, 0) is 6.42 Å². The molecule has 0 radical (unpaired) electrons. The van der Waals surface area contributed by atoms with Gasteiger partial charge in [-0.3, -0.25) is 4.98 Å². The lowest BCUT2D eigenvalue weighted by Crippen LogP contribution is -2.42. The number of piperidine rings is 1. The fraction of sp³-hybridized carbons (Fsp3) is 0.464. The Morgan fingerprint density at radius 3 is 2.69 bits per heavy atom. The van der Waals surface area contributed by atoms with Crippen LogP contribution in [-0.4, -0.2) is 48.3 Å². The smallest absolute Gasteiger partial charge is 0.162 e. The van der Waals surface area contributed by atoms with Gasteiger partial charge in [-0.15, -0.1) is 0 Å². The number of methoxy groups -OCH3 is 1. The van der Waals surface area contributed by atoms with Crippen LogP contribution in [0.2, 0.25) is 5.02 Å². The summed E-state index contributed by atoms with van der Waals surface area (Å²) in [7, 11) is 1.56. The number of halogens is 4. The van der Waals surface area contributed by atoms with Gasteiger partial charge in [0.05, 0.1) is 17.6 Å². The Labute approximate surface area is 215 Å². The zero-order valence-electron chi connectivity index (χ0n) is 20.5. The molecule has 2 heterocycles. The summed E-state index contributed by atoms with van der Waals surface area (Å²) >= 11 is 6.37. The maximum atomic E-state index is 15.6. The number of aliphatic hydroxyl groups excluding tert-OH is 1. The number of aryl methyl sites for hydroxylation is 1. The summed E-state index contributed by atoms with van der Waals surface area (Å²) in [6.45, 7) is 2.32. The summed E-state index contributed by atoms with van der Waals surface area (Å²) in [5.74, 6) is -0.972. The van der Waals surface area contributed by atoms with Crippen molar-refractivity contribution in [2.45, 2.75) is 44.7 Å². The third kappa shape index (κ3) is 5.96. The fourth-order valence-corrected chi connectivity index (χ4v) is 5.43. The molecule has 36 heavy (non-hydrogen) atoms. The van der Waals surface area contributed by atoms with Crippen LogP contribution < -0.4 is 4.74 Å². The van der Waals surface area contributed by atoms with Crippen LogP contribution in [0.1, 0.15) is 49.4 Å². The van der Waals surface area contributed by atoms with Crippen LogP contribution in [0, 0.1) is 17.0 Å². The number of rotatable bonds is 10. The summed E-state index contributed by atoms with van der Waals surface area (Å²) < 4.78 is 48.2. The fourth-order valence-electron chi connectivity index (χ4n) is 5.16. The number of fused-ring (bicyclic) bond motifs is 1. The first-order valence-corrected chi connectivity index (χ1v) is 12.8. The van der Waals surface area contributed by atoms with Gasteiger partial charge in [-0.1, -0.05) is 23.7 Å². The van der Waals surface area contributed by atoms with Crippen molar-refractivity contribution >= 4 is 22.5 Å². The highest BCUT2D eigenvalue weighted by Crippen LogP contribution is 2.42. The summed E-state index contributed by atoms with van der Waals surface area (Å²) in [4.78, 5) is 6.58. The van der Waals surface area contributed by atoms with E-state index in [4.69, 9.17) is 16.3 Å². The molecule has 1 aliphatic rings. The number of aliphatic hydroxyl groups is 1. The average molecular weight is 521 g/mol. The Balaban J connectivity index is 1.33. The molecule has 2 aromatic carbocycles. The van der Waals surface area contributed by atoms with E-state index in [0.29, 0.717) is 40.6 Å². The Morgan fingerprint density at radius 2 is 1.97 bits per heavy atom. The Morgan fingerprint density at radius 1 is 1.19 bits per heavy atom. The number of likely N-dealkylation sites (tertiary alicyclic amines) is 1. The zero-order chi connectivity index (χ0) is 25.7. The van der Waals surface area contributed by atoms with E-state index in [1.165, 1.54) is 12.3 Å². The molecule has 1 atom stereocenters. The molecule has 1 aliphatic heterocycles. The number of nitrogens with zero attached hydrogens (tertiary/aromatic N) is 2. The molecule has 0 unspecified atom stereocenters. The minimum Gasteiger partial charge on any atom is -0.497 e. The summed E-state index contributed by atoms with van der Waals surface area (Å²) in [5, 5.41) is 11.1. The summed E-state index contributed by atoms with van der Waals surface area (Å²) in [5.41, 5.74) is 1.12. The highest BCUT2D eigenvalue weighted by atomic mass is 35.5.